The largest absolute Gasteiger partial charge is 0.384 e. The van der Waals surface area contributed by atoms with E-state index in [-0.39, 0.29) is 5.82 Å². The van der Waals surface area contributed by atoms with Gasteiger partial charge in [-0.05, 0) is 29.3 Å². The molecule has 2 heterocycles. The van der Waals surface area contributed by atoms with Crippen molar-refractivity contribution in [3.63, 3.8) is 0 Å². The zero-order chi connectivity index (χ0) is 13.4. The molecule has 3 rings (SSSR count). The predicted molar refractivity (Wildman–Crippen MR) is 70.6 cm³/mol. The molecule has 0 spiro atoms. The van der Waals surface area contributed by atoms with Crippen LogP contribution in [0.15, 0.2) is 36.9 Å². The van der Waals surface area contributed by atoms with E-state index in [0.717, 1.165) is 0 Å². The molecule has 0 amide bonds. The van der Waals surface area contributed by atoms with Crippen LogP contribution in [-0.2, 0) is 0 Å². The number of aromatic nitrogens is 4. The molecule has 3 N–H and O–H groups in total. The van der Waals surface area contributed by atoms with Gasteiger partial charge >= 0.3 is 0 Å². The molecule has 0 aliphatic rings. The van der Waals surface area contributed by atoms with Crippen molar-refractivity contribution in [2.24, 2.45) is 0 Å². The Hall–Kier alpha value is -2.76. The summed E-state index contributed by atoms with van der Waals surface area (Å²) in [5.74, 6) is -0.00831. The van der Waals surface area contributed by atoms with Gasteiger partial charge < -0.3 is 5.73 Å². The minimum atomic E-state index is -0.322. The van der Waals surface area contributed by atoms with E-state index < -0.39 is 0 Å². The maximum atomic E-state index is 13.3. The van der Waals surface area contributed by atoms with E-state index in [4.69, 9.17) is 5.73 Å². The molecule has 1 aromatic carbocycles. The Bertz CT molecular complexity index is 778. The third-order valence-corrected chi connectivity index (χ3v) is 2.81. The predicted octanol–water partition coefficient (Wildman–Crippen LogP) is 2.14. The van der Waals surface area contributed by atoms with Crippen LogP contribution >= 0.6 is 0 Å². The highest BCUT2D eigenvalue weighted by atomic mass is 19.1. The summed E-state index contributed by atoms with van der Waals surface area (Å²) in [5, 5.41) is 10.4. The number of rotatable bonds is 2. The first kappa shape index (κ1) is 11.3. The molecule has 0 aliphatic carbocycles. The molecule has 3 aromatic rings. The number of pyridine rings is 1. The van der Waals surface area contributed by atoms with Gasteiger partial charge in [0.2, 0.25) is 5.65 Å². The van der Waals surface area contributed by atoms with E-state index in [9.17, 15) is 4.39 Å². The van der Waals surface area contributed by atoms with E-state index in [0.29, 0.717) is 33.7 Å². The molecule has 0 bridgehead atoms. The second kappa shape index (κ2) is 4.16. The summed E-state index contributed by atoms with van der Waals surface area (Å²) in [6, 6.07) is 7.83. The molecule has 0 saturated carbocycles. The summed E-state index contributed by atoms with van der Waals surface area (Å²) in [6.45, 7) is 3.98. The van der Waals surface area contributed by atoms with E-state index in [1.165, 1.54) is 12.1 Å². The molecule has 0 unspecified atom stereocenters. The van der Waals surface area contributed by atoms with E-state index in [1.807, 2.05) is 0 Å². The summed E-state index contributed by atoms with van der Waals surface area (Å²) in [4.78, 5) is 4.05. The number of halogens is 1. The lowest BCUT2D eigenvalue weighted by Gasteiger charge is -2.07. The number of aromatic amines is 1. The summed E-state index contributed by atoms with van der Waals surface area (Å²) in [7, 11) is 0. The van der Waals surface area contributed by atoms with Gasteiger partial charge in [-0.3, -0.25) is 0 Å². The van der Waals surface area contributed by atoms with Gasteiger partial charge in [0.15, 0.2) is 0 Å². The van der Waals surface area contributed by atoms with E-state index in [1.54, 1.807) is 18.2 Å². The fraction of sp³-hybridized carbons (Fsp3) is 0. The number of anilines is 1. The molecule has 5 nitrogen and oxygen atoms in total. The smallest absolute Gasteiger partial charge is 0.204 e. The summed E-state index contributed by atoms with van der Waals surface area (Å²) in [6.07, 6.45) is 0. The van der Waals surface area contributed by atoms with Gasteiger partial charge in [0.05, 0.1) is 0 Å². The standard InChI is InChI=1S/C13H10FN5/c1-7(8-3-2-4-9(14)5-8)10-6-11(15)16-13-12(10)17-19-18-13/h2-6H,1H2,(H3,15,16,17,18,19). The first-order chi connectivity index (χ1) is 9.15. The number of nitrogens with zero attached hydrogens (tertiary/aromatic N) is 3. The van der Waals surface area contributed by atoms with Gasteiger partial charge in [-0.15, -0.1) is 5.10 Å². The van der Waals surface area contributed by atoms with Crippen molar-refractivity contribution < 1.29 is 4.39 Å². The molecule has 0 aliphatic heterocycles. The van der Waals surface area contributed by atoms with Crippen LogP contribution in [0.2, 0.25) is 0 Å². The van der Waals surface area contributed by atoms with Gasteiger partial charge in [0.1, 0.15) is 17.2 Å². The van der Waals surface area contributed by atoms with Crippen LogP contribution < -0.4 is 5.73 Å². The van der Waals surface area contributed by atoms with Crippen LogP contribution in [0.25, 0.3) is 16.7 Å². The second-order valence-electron chi connectivity index (χ2n) is 4.08. The number of nitrogen functional groups attached to an aromatic ring is 1. The molecular weight excluding hydrogens is 245 g/mol. The summed E-state index contributed by atoms with van der Waals surface area (Å²) >= 11 is 0. The Kier molecular flexibility index (Phi) is 2.49. The Labute approximate surface area is 108 Å². The number of nitrogens with two attached hydrogens (primary N) is 1. The highest BCUT2D eigenvalue weighted by molar-refractivity contribution is 5.92. The fourth-order valence-electron chi connectivity index (χ4n) is 1.92. The minimum absolute atomic E-state index is 0.314. The molecule has 94 valence electrons. The normalized spacial score (nSPS) is 10.8. The fourth-order valence-corrected chi connectivity index (χ4v) is 1.92. The molecule has 19 heavy (non-hydrogen) atoms. The Morgan fingerprint density at radius 2 is 2.11 bits per heavy atom. The van der Waals surface area contributed by atoms with Gasteiger partial charge in [0, 0.05) is 5.56 Å². The van der Waals surface area contributed by atoms with Crippen molar-refractivity contribution in [3.8, 4) is 0 Å². The molecule has 2 aromatic heterocycles. The second-order valence-corrected chi connectivity index (χ2v) is 4.08. The highest BCUT2D eigenvalue weighted by Crippen LogP contribution is 2.27. The third-order valence-electron chi connectivity index (χ3n) is 2.81. The Balaban J connectivity index is 2.19. The van der Waals surface area contributed by atoms with Crippen LogP contribution in [0, 0.1) is 5.82 Å². The quantitative estimate of drug-likeness (QED) is 0.735. The first-order valence-corrected chi connectivity index (χ1v) is 5.57. The van der Waals surface area contributed by atoms with Crippen molar-refractivity contribution in [1.29, 1.82) is 0 Å². The number of fused-ring (bicyclic) bond motifs is 1. The molecule has 0 atom stereocenters. The summed E-state index contributed by atoms with van der Waals surface area (Å²) < 4.78 is 13.3. The van der Waals surface area contributed by atoms with Crippen molar-refractivity contribution in [1.82, 2.24) is 20.4 Å². The van der Waals surface area contributed by atoms with Crippen molar-refractivity contribution in [3.05, 3.63) is 53.9 Å². The number of H-pyrrole nitrogens is 1. The Morgan fingerprint density at radius 1 is 1.26 bits per heavy atom. The third kappa shape index (κ3) is 1.93. The van der Waals surface area contributed by atoms with Crippen LogP contribution in [0.5, 0.6) is 0 Å². The summed E-state index contributed by atoms with van der Waals surface area (Å²) in [5.41, 5.74) is 8.65. The van der Waals surface area contributed by atoms with Gasteiger partial charge in [-0.25, -0.2) is 9.37 Å². The lowest BCUT2D eigenvalue weighted by molar-refractivity contribution is 0.627. The van der Waals surface area contributed by atoms with Crippen LogP contribution in [0.1, 0.15) is 11.1 Å². The van der Waals surface area contributed by atoms with Gasteiger partial charge in [-0.2, -0.15) is 10.3 Å². The average Bonchev–Trinajstić information content (AvgIpc) is 2.85. The molecule has 6 heteroatoms. The van der Waals surface area contributed by atoms with Crippen molar-refractivity contribution in [2.75, 3.05) is 5.73 Å². The topological polar surface area (TPSA) is 80.5 Å². The first-order valence-electron chi connectivity index (χ1n) is 5.57. The van der Waals surface area contributed by atoms with E-state index >= 15 is 0 Å². The molecule has 0 saturated heterocycles. The SMILES string of the molecule is C=C(c1cccc(F)c1)c1cc(N)nc2n[nH]nc12. The Morgan fingerprint density at radius 3 is 2.89 bits per heavy atom. The molecule has 0 radical (unpaired) electrons. The maximum absolute atomic E-state index is 13.3. The zero-order valence-corrected chi connectivity index (χ0v) is 9.89. The lowest BCUT2D eigenvalue weighted by atomic mass is 9.99. The monoisotopic (exact) mass is 255 g/mol. The average molecular weight is 255 g/mol. The molecular formula is C13H10FN5. The van der Waals surface area contributed by atoms with E-state index in [2.05, 4.69) is 27.0 Å². The van der Waals surface area contributed by atoms with Gasteiger partial charge in [-0.1, -0.05) is 18.7 Å². The van der Waals surface area contributed by atoms with Crippen molar-refractivity contribution >= 4 is 22.6 Å². The van der Waals surface area contributed by atoms with Crippen molar-refractivity contribution in [2.45, 2.75) is 0 Å². The van der Waals surface area contributed by atoms with Crippen LogP contribution in [-0.4, -0.2) is 20.4 Å². The number of hydrogen-bond acceptors (Lipinski definition) is 4. The zero-order valence-electron chi connectivity index (χ0n) is 9.89. The van der Waals surface area contributed by atoms with Gasteiger partial charge in [0.25, 0.3) is 0 Å². The maximum Gasteiger partial charge on any atom is 0.204 e. The highest BCUT2D eigenvalue weighted by Gasteiger charge is 2.12. The lowest BCUT2D eigenvalue weighted by Crippen LogP contribution is -1.96. The van der Waals surface area contributed by atoms with Crippen LogP contribution in [0.4, 0.5) is 10.2 Å². The number of benzene rings is 1. The van der Waals surface area contributed by atoms with Crippen LogP contribution in [0.3, 0.4) is 0 Å². The minimum Gasteiger partial charge on any atom is -0.384 e. The molecule has 0 fully saturated rings. The number of hydrogen-bond donors (Lipinski definition) is 2. The number of nitrogens with one attached hydrogen (secondary N) is 1.